The maximum atomic E-state index is 14.0. The van der Waals surface area contributed by atoms with E-state index in [-0.39, 0.29) is 16.5 Å². The highest BCUT2D eigenvalue weighted by Crippen LogP contribution is 2.31. The summed E-state index contributed by atoms with van der Waals surface area (Å²) in [5.74, 6) is -0.800. The largest absolute Gasteiger partial charge is 0.336 e. The van der Waals surface area contributed by atoms with Gasteiger partial charge in [-0.2, -0.15) is 0 Å². The first-order chi connectivity index (χ1) is 9.70. The molecule has 0 bridgehead atoms. The molecule has 1 aromatic rings. The third-order valence-corrected chi connectivity index (χ3v) is 4.45. The molecule has 21 heavy (non-hydrogen) atoms. The van der Waals surface area contributed by atoms with E-state index in [0.29, 0.717) is 12.5 Å². The van der Waals surface area contributed by atoms with Crippen LogP contribution in [0.2, 0.25) is 0 Å². The second-order valence-corrected chi connectivity index (χ2v) is 7.24. The summed E-state index contributed by atoms with van der Waals surface area (Å²) in [7, 11) is -3.98. The molecule has 0 saturated heterocycles. The van der Waals surface area contributed by atoms with Crippen molar-refractivity contribution in [2.45, 2.75) is 37.6 Å². The summed E-state index contributed by atoms with van der Waals surface area (Å²) >= 11 is 0. The van der Waals surface area contributed by atoms with Crippen molar-refractivity contribution in [2.24, 2.45) is 11.1 Å². The van der Waals surface area contributed by atoms with Crippen LogP contribution in [-0.4, -0.2) is 31.8 Å². The molecule has 1 aliphatic carbocycles. The normalized spacial score (nSPS) is 15.3. The first-order valence-electron chi connectivity index (χ1n) is 6.83. The molecule has 1 aliphatic rings. The maximum absolute atomic E-state index is 14.0. The van der Waals surface area contributed by atoms with Crippen LogP contribution in [0.25, 0.3) is 0 Å². The summed E-state index contributed by atoms with van der Waals surface area (Å²) in [6.45, 7) is 4.35. The van der Waals surface area contributed by atoms with Crippen LogP contribution in [0.5, 0.6) is 0 Å². The van der Waals surface area contributed by atoms with Gasteiger partial charge in [-0.15, -0.1) is 0 Å². The van der Waals surface area contributed by atoms with Crippen molar-refractivity contribution in [2.75, 3.05) is 6.54 Å². The van der Waals surface area contributed by atoms with Crippen molar-refractivity contribution >= 4 is 15.9 Å². The molecule has 2 rings (SSSR count). The average Bonchev–Trinajstić information content (AvgIpc) is 3.17. The lowest BCUT2D eigenvalue weighted by Gasteiger charge is -2.27. The molecule has 1 saturated carbocycles. The zero-order valence-corrected chi connectivity index (χ0v) is 12.9. The van der Waals surface area contributed by atoms with Crippen LogP contribution in [0.1, 0.15) is 37.0 Å². The molecule has 0 aromatic heterocycles. The first-order valence-corrected chi connectivity index (χ1v) is 8.38. The second-order valence-electron chi connectivity index (χ2n) is 5.68. The zero-order valence-electron chi connectivity index (χ0n) is 12.0. The van der Waals surface area contributed by atoms with Crippen LogP contribution >= 0.6 is 0 Å². The number of hydrogen-bond donors (Lipinski definition) is 1. The van der Waals surface area contributed by atoms with Gasteiger partial charge in [0.1, 0.15) is 5.82 Å². The fourth-order valence-electron chi connectivity index (χ4n) is 2.11. The van der Waals surface area contributed by atoms with Gasteiger partial charge in [0.15, 0.2) is 0 Å². The number of rotatable bonds is 5. The van der Waals surface area contributed by atoms with Crippen LogP contribution in [0, 0.1) is 11.7 Å². The Bertz CT molecular complexity index is 654. The minimum absolute atomic E-state index is 0.0459. The second kappa shape index (κ2) is 5.73. The van der Waals surface area contributed by atoms with E-state index in [1.807, 2.05) is 13.8 Å². The summed E-state index contributed by atoms with van der Waals surface area (Å²) in [6, 6.07) is 3.08. The van der Waals surface area contributed by atoms with E-state index in [9.17, 15) is 17.6 Å². The Hall–Kier alpha value is -1.47. The maximum Gasteiger partial charge on any atom is 0.257 e. The van der Waals surface area contributed by atoms with Crippen LogP contribution < -0.4 is 5.14 Å². The van der Waals surface area contributed by atoms with Gasteiger partial charge in [-0.25, -0.2) is 17.9 Å². The molecule has 0 unspecified atom stereocenters. The number of amides is 1. The van der Waals surface area contributed by atoms with Crippen molar-refractivity contribution < 1.29 is 17.6 Å². The smallest absolute Gasteiger partial charge is 0.257 e. The van der Waals surface area contributed by atoms with Crippen LogP contribution in [0.3, 0.4) is 0 Å². The Morgan fingerprint density at radius 2 is 2.05 bits per heavy atom. The van der Waals surface area contributed by atoms with Gasteiger partial charge in [-0.3, -0.25) is 4.79 Å². The van der Waals surface area contributed by atoms with Gasteiger partial charge in [-0.1, -0.05) is 0 Å². The number of primary sulfonamides is 1. The molecule has 2 N–H and O–H groups in total. The average molecular weight is 314 g/mol. The lowest BCUT2D eigenvalue weighted by Crippen LogP contribution is -2.39. The molecule has 0 atom stereocenters. The lowest BCUT2D eigenvalue weighted by atomic mass is 10.1. The minimum Gasteiger partial charge on any atom is -0.336 e. The Morgan fingerprint density at radius 1 is 1.43 bits per heavy atom. The van der Waals surface area contributed by atoms with E-state index >= 15 is 0 Å². The molecule has 0 heterocycles. The summed E-state index contributed by atoms with van der Waals surface area (Å²) in [5.41, 5.74) is -0.128. The van der Waals surface area contributed by atoms with Crippen LogP contribution in [-0.2, 0) is 10.0 Å². The Kier molecular flexibility index (Phi) is 4.34. The number of halogens is 1. The topological polar surface area (TPSA) is 80.5 Å². The Balaban J connectivity index is 2.29. The molecule has 116 valence electrons. The van der Waals surface area contributed by atoms with E-state index in [4.69, 9.17) is 5.14 Å². The third kappa shape index (κ3) is 3.79. The van der Waals surface area contributed by atoms with Gasteiger partial charge in [0.25, 0.3) is 5.91 Å². The highest BCUT2D eigenvalue weighted by molar-refractivity contribution is 7.89. The fraction of sp³-hybridized carbons (Fsp3) is 0.500. The van der Waals surface area contributed by atoms with Crippen molar-refractivity contribution in [3.05, 3.63) is 29.6 Å². The van der Waals surface area contributed by atoms with Gasteiger partial charge < -0.3 is 4.90 Å². The monoisotopic (exact) mass is 314 g/mol. The van der Waals surface area contributed by atoms with E-state index in [0.717, 1.165) is 25.0 Å². The van der Waals surface area contributed by atoms with Gasteiger partial charge >= 0.3 is 0 Å². The first kappa shape index (κ1) is 15.9. The van der Waals surface area contributed by atoms with E-state index in [1.54, 1.807) is 4.90 Å². The summed E-state index contributed by atoms with van der Waals surface area (Å²) in [4.78, 5) is 13.7. The summed E-state index contributed by atoms with van der Waals surface area (Å²) in [5, 5.41) is 4.94. The fourth-order valence-corrected chi connectivity index (χ4v) is 2.63. The number of hydrogen-bond acceptors (Lipinski definition) is 3. The predicted octanol–water partition coefficient (Wildman–Crippen LogP) is 1.73. The molecule has 0 spiro atoms. The molecular weight excluding hydrogens is 295 g/mol. The zero-order chi connectivity index (χ0) is 15.8. The lowest BCUT2D eigenvalue weighted by molar-refractivity contribution is 0.0691. The standard InChI is InChI=1S/C14H19FN2O3S/c1-9(2)17(8-10-3-4-10)14(18)12-6-5-11(7-13(12)15)21(16,19)20/h5-7,9-10H,3-4,8H2,1-2H3,(H2,16,19,20). The van der Waals surface area contributed by atoms with E-state index in [2.05, 4.69) is 0 Å². The number of carbonyl (C=O) groups excluding carboxylic acids is 1. The van der Waals surface area contributed by atoms with Gasteiger partial charge in [-0.05, 0) is 50.8 Å². The molecule has 0 aliphatic heterocycles. The molecule has 0 radical (unpaired) electrons. The number of nitrogens with two attached hydrogens (primary N) is 1. The Morgan fingerprint density at radius 3 is 2.48 bits per heavy atom. The van der Waals surface area contributed by atoms with Crippen molar-refractivity contribution in [1.29, 1.82) is 0 Å². The number of benzene rings is 1. The van der Waals surface area contributed by atoms with E-state index in [1.165, 1.54) is 6.07 Å². The number of nitrogens with zero attached hydrogens (tertiary/aromatic N) is 1. The van der Waals surface area contributed by atoms with Gasteiger partial charge in [0.05, 0.1) is 10.5 Å². The molecule has 1 amide bonds. The quantitative estimate of drug-likeness (QED) is 0.899. The SMILES string of the molecule is CC(C)N(CC1CC1)C(=O)c1ccc(S(N)(=O)=O)cc1F. The Labute approximate surface area is 124 Å². The highest BCUT2D eigenvalue weighted by atomic mass is 32.2. The van der Waals surface area contributed by atoms with Crippen molar-refractivity contribution in [1.82, 2.24) is 4.90 Å². The van der Waals surface area contributed by atoms with Crippen LogP contribution in [0.15, 0.2) is 23.1 Å². The molecular formula is C14H19FN2O3S. The predicted molar refractivity (Wildman–Crippen MR) is 76.7 cm³/mol. The van der Waals surface area contributed by atoms with E-state index < -0.39 is 21.7 Å². The van der Waals surface area contributed by atoms with Crippen LogP contribution in [0.4, 0.5) is 4.39 Å². The van der Waals surface area contributed by atoms with Gasteiger partial charge in [0, 0.05) is 12.6 Å². The molecule has 1 fully saturated rings. The molecule has 1 aromatic carbocycles. The summed E-state index contributed by atoms with van der Waals surface area (Å²) < 4.78 is 36.4. The van der Waals surface area contributed by atoms with Crippen molar-refractivity contribution in [3.8, 4) is 0 Å². The van der Waals surface area contributed by atoms with Crippen molar-refractivity contribution in [3.63, 3.8) is 0 Å². The highest BCUT2D eigenvalue weighted by Gasteiger charge is 2.30. The van der Waals surface area contributed by atoms with Gasteiger partial charge in [0.2, 0.25) is 10.0 Å². The third-order valence-electron chi connectivity index (χ3n) is 3.54. The minimum atomic E-state index is -3.98. The number of carbonyl (C=O) groups is 1. The molecule has 7 heteroatoms. The summed E-state index contributed by atoms with van der Waals surface area (Å²) in [6.07, 6.45) is 2.17. The number of sulfonamides is 1. The molecule has 5 nitrogen and oxygen atoms in total.